The van der Waals surface area contributed by atoms with Crippen molar-refractivity contribution in [2.24, 2.45) is 0 Å². The molecule has 0 aliphatic rings. The minimum absolute atomic E-state index is 0.424. The maximum Gasteiger partial charge on any atom is 0.289 e. The number of nitrogens with zero attached hydrogens (tertiary/aromatic N) is 2. The Bertz CT molecular complexity index is 349. The molecule has 0 aliphatic carbocycles. The van der Waals surface area contributed by atoms with E-state index in [1.54, 1.807) is 19.4 Å². The number of rotatable bonds is 4. The number of amides is 1. The topological polar surface area (TPSA) is 50.3 Å². The summed E-state index contributed by atoms with van der Waals surface area (Å²) in [6, 6.07) is 3.79. The minimum atomic E-state index is -0.441. The van der Waals surface area contributed by atoms with Crippen LogP contribution in [0.2, 0.25) is 0 Å². The van der Waals surface area contributed by atoms with Gasteiger partial charge in [0.1, 0.15) is 0 Å². The van der Waals surface area contributed by atoms with Crippen LogP contribution in [0.1, 0.15) is 12.5 Å². The third-order valence-corrected chi connectivity index (χ3v) is 2.13. The summed E-state index contributed by atoms with van der Waals surface area (Å²) in [5.41, 5.74) is 1.10. The molecule has 0 saturated carbocycles. The zero-order chi connectivity index (χ0) is 11.3. The molecule has 0 atom stereocenters. The lowest BCUT2D eigenvalue weighted by molar-refractivity contribution is -0.142. The van der Waals surface area contributed by atoms with Gasteiger partial charge in [-0.2, -0.15) is 0 Å². The summed E-state index contributed by atoms with van der Waals surface area (Å²) in [6.07, 6.45) is 4.16. The maximum atomic E-state index is 11.2. The van der Waals surface area contributed by atoms with Gasteiger partial charge in [0.25, 0.3) is 5.91 Å². The Hall–Kier alpha value is -1.71. The number of carbonyl (C=O) groups excluding carboxylic acids is 2. The molecular weight excluding hydrogens is 192 g/mol. The predicted molar refractivity (Wildman–Crippen MR) is 56.3 cm³/mol. The van der Waals surface area contributed by atoms with Crippen molar-refractivity contribution in [1.82, 2.24) is 9.88 Å². The fourth-order valence-corrected chi connectivity index (χ4v) is 1.22. The van der Waals surface area contributed by atoms with Crippen LogP contribution in [-0.2, 0) is 16.0 Å². The molecule has 0 unspecified atom stereocenters. The Labute approximate surface area is 88.9 Å². The minimum Gasteiger partial charge on any atom is -0.339 e. The van der Waals surface area contributed by atoms with E-state index in [1.165, 1.54) is 11.8 Å². The highest BCUT2D eigenvalue weighted by atomic mass is 16.2. The number of Topliss-reactive ketones (excluding diaryl/α,β-unsaturated/α-hetero) is 1. The molecule has 0 N–H and O–H groups in total. The number of aromatic nitrogens is 1. The van der Waals surface area contributed by atoms with Gasteiger partial charge in [-0.1, -0.05) is 0 Å². The molecule has 1 aromatic rings. The molecule has 1 rings (SSSR count). The van der Waals surface area contributed by atoms with Gasteiger partial charge in [-0.25, -0.2) is 0 Å². The first-order valence-electron chi connectivity index (χ1n) is 4.76. The molecule has 4 nitrogen and oxygen atoms in total. The summed E-state index contributed by atoms with van der Waals surface area (Å²) in [5.74, 6) is -0.865. The zero-order valence-electron chi connectivity index (χ0n) is 8.93. The summed E-state index contributed by atoms with van der Waals surface area (Å²) in [4.78, 5) is 27.4. The molecule has 0 aliphatic heterocycles. The van der Waals surface area contributed by atoms with Gasteiger partial charge in [0, 0.05) is 32.9 Å². The summed E-state index contributed by atoms with van der Waals surface area (Å²) in [5, 5.41) is 0. The van der Waals surface area contributed by atoms with E-state index >= 15 is 0 Å². The fourth-order valence-electron chi connectivity index (χ4n) is 1.22. The first-order valence-corrected chi connectivity index (χ1v) is 4.76. The number of pyridine rings is 1. The molecule has 0 saturated heterocycles. The number of hydrogen-bond donors (Lipinski definition) is 0. The molecule has 4 heteroatoms. The van der Waals surface area contributed by atoms with Crippen molar-refractivity contribution in [3.8, 4) is 0 Å². The van der Waals surface area contributed by atoms with Gasteiger partial charge in [0.05, 0.1) is 0 Å². The predicted octanol–water partition coefficient (Wildman–Crippen LogP) is 0.671. The number of ketones is 1. The average molecular weight is 206 g/mol. The molecule has 80 valence electrons. The molecule has 0 spiro atoms. The Morgan fingerprint density at radius 2 is 1.93 bits per heavy atom. The van der Waals surface area contributed by atoms with Gasteiger partial charge in [-0.15, -0.1) is 0 Å². The van der Waals surface area contributed by atoms with Crippen LogP contribution >= 0.6 is 0 Å². The van der Waals surface area contributed by atoms with Gasteiger partial charge < -0.3 is 4.90 Å². The maximum absolute atomic E-state index is 11.2. The smallest absolute Gasteiger partial charge is 0.289 e. The molecule has 0 bridgehead atoms. The Balaban J connectivity index is 2.44. The largest absolute Gasteiger partial charge is 0.339 e. The standard InChI is InChI=1S/C11H14N2O2/c1-9(14)11(15)13(2)8-5-10-3-6-12-7-4-10/h3-4,6-7H,5,8H2,1-2H3. The van der Waals surface area contributed by atoms with Gasteiger partial charge in [0.2, 0.25) is 5.78 Å². The highest BCUT2D eigenvalue weighted by Gasteiger charge is 2.12. The fraction of sp³-hybridized carbons (Fsp3) is 0.364. The summed E-state index contributed by atoms with van der Waals surface area (Å²) >= 11 is 0. The summed E-state index contributed by atoms with van der Waals surface area (Å²) in [6.45, 7) is 1.83. The van der Waals surface area contributed by atoms with Crippen LogP contribution in [0.3, 0.4) is 0 Å². The summed E-state index contributed by atoms with van der Waals surface area (Å²) < 4.78 is 0. The number of hydrogen-bond acceptors (Lipinski definition) is 3. The molecular formula is C11H14N2O2. The average Bonchev–Trinajstić information content (AvgIpc) is 2.26. The second-order valence-electron chi connectivity index (χ2n) is 3.39. The molecule has 1 amide bonds. The van der Waals surface area contributed by atoms with Crippen LogP contribution in [-0.4, -0.2) is 35.2 Å². The van der Waals surface area contributed by atoms with Crippen molar-refractivity contribution < 1.29 is 9.59 Å². The SMILES string of the molecule is CC(=O)C(=O)N(C)CCc1ccncc1. The second kappa shape index (κ2) is 5.24. The first-order chi connectivity index (χ1) is 7.11. The van der Waals surface area contributed by atoms with Crippen molar-refractivity contribution >= 4 is 11.7 Å². The molecule has 0 radical (unpaired) electrons. The third-order valence-electron chi connectivity index (χ3n) is 2.13. The van der Waals surface area contributed by atoms with Crippen molar-refractivity contribution in [2.45, 2.75) is 13.3 Å². The Morgan fingerprint density at radius 1 is 1.33 bits per heavy atom. The van der Waals surface area contributed by atoms with E-state index in [4.69, 9.17) is 0 Å². The lowest BCUT2D eigenvalue weighted by Crippen LogP contribution is -2.33. The van der Waals surface area contributed by atoms with E-state index in [1.807, 2.05) is 12.1 Å². The van der Waals surface area contributed by atoms with E-state index < -0.39 is 11.7 Å². The van der Waals surface area contributed by atoms with Gasteiger partial charge in [-0.05, 0) is 24.1 Å². The lowest BCUT2D eigenvalue weighted by atomic mass is 10.2. The van der Waals surface area contributed by atoms with E-state index in [0.717, 1.165) is 12.0 Å². The van der Waals surface area contributed by atoms with Crippen LogP contribution in [0.4, 0.5) is 0 Å². The van der Waals surface area contributed by atoms with Crippen molar-refractivity contribution in [2.75, 3.05) is 13.6 Å². The van der Waals surface area contributed by atoms with Gasteiger partial charge >= 0.3 is 0 Å². The van der Waals surface area contributed by atoms with Gasteiger partial charge in [-0.3, -0.25) is 14.6 Å². The van der Waals surface area contributed by atoms with Crippen molar-refractivity contribution in [3.05, 3.63) is 30.1 Å². The van der Waals surface area contributed by atoms with E-state index in [0.29, 0.717) is 6.54 Å². The zero-order valence-corrected chi connectivity index (χ0v) is 8.93. The highest BCUT2D eigenvalue weighted by Crippen LogP contribution is 1.99. The Kier molecular flexibility index (Phi) is 3.97. The highest BCUT2D eigenvalue weighted by molar-refractivity contribution is 6.34. The van der Waals surface area contributed by atoms with Crippen LogP contribution in [0.15, 0.2) is 24.5 Å². The number of likely N-dealkylation sites (N-methyl/N-ethyl adjacent to an activating group) is 1. The third kappa shape index (κ3) is 3.50. The quantitative estimate of drug-likeness (QED) is 0.680. The van der Waals surface area contributed by atoms with Crippen LogP contribution < -0.4 is 0 Å². The van der Waals surface area contributed by atoms with Gasteiger partial charge in [0.15, 0.2) is 0 Å². The van der Waals surface area contributed by atoms with Crippen LogP contribution in [0, 0.1) is 0 Å². The monoisotopic (exact) mass is 206 g/mol. The van der Waals surface area contributed by atoms with E-state index in [2.05, 4.69) is 4.98 Å². The molecule has 1 heterocycles. The molecule has 1 aromatic heterocycles. The Morgan fingerprint density at radius 3 is 2.47 bits per heavy atom. The molecule has 0 aromatic carbocycles. The first kappa shape index (κ1) is 11.4. The number of carbonyl (C=O) groups is 2. The van der Waals surface area contributed by atoms with E-state index in [-0.39, 0.29) is 0 Å². The lowest BCUT2D eigenvalue weighted by Gasteiger charge is -2.14. The second-order valence-corrected chi connectivity index (χ2v) is 3.39. The van der Waals surface area contributed by atoms with Crippen LogP contribution in [0.5, 0.6) is 0 Å². The van der Waals surface area contributed by atoms with Crippen molar-refractivity contribution in [1.29, 1.82) is 0 Å². The normalized spacial score (nSPS) is 9.73. The van der Waals surface area contributed by atoms with E-state index in [9.17, 15) is 9.59 Å². The summed E-state index contributed by atoms with van der Waals surface area (Å²) in [7, 11) is 1.63. The van der Waals surface area contributed by atoms with Crippen molar-refractivity contribution in [3.63, 3.8) is 0 Å². The molecule has 15 heavy (non-hydrogen) atoms. The molecule has 0 fully saturated rings. The van der Waals surface area contributed by atoms with Crippen LogP contribution in [0.25, 0.3) is 0 Å².